The van der Waals surface area contributed by atoms with E-state index >= 15 is 0 Å². The molecule has 2 saturated heterocycles. The van der Waals surface area contributed by atoms with Crippen molar-refractivity contribution in [1.29, 1.82) is 0 Å². The summed E-state index contributed by atoms with van der Waals surface area (Å²) in [6.07, 6.45) is 12.7. The fraction of sp³-hybridized carbons (Fsp3) is 0.906. The fourth-order valence-corrected chi connectivity index (χ4v) is 11.3. The highest BCUT2D eigenvalue weighted by Crippen LogP contribution is 2.67. The first kappa shape index (κ1) is 30.0. The molecule has 4 aliphatic carbocycles. The van der Waals surface area contributed by atoms with Crippen molar-refractivity contribution >= 4 is 23.0 Å². The summed E-state index contributed by atoms with van der Waals surface area (Å²) >= 11 is 0. The second-order valence-electron chi connectivity index (χ2n) is 14.6. The molecule has 222 valence electrons. The maximum atomic E-state index is 12.5. The lowest BCUT2D eigenvalue weighted by Gasteiger charge is -2.62. The standard InChI is InChI=1S/C32H53N2O4.BrH/c1-5-14-34(15-6-7-16-34)28-20-26-24-9-8-23-19-29(36)27(33-12-17-37-18-13-33)21-32(23,4)25(24)10-11-31(26,3)30(28)38-22(2)35;/h5,23-30,36H,1,6-21H2,2-4H3;1H/q+1;/t23-,24+,25-,26-,27-,28-,29-,30-,31-,32-;/m0./s1. The third kappa shape index (κ3) is 4.88. The van der Waals surface area contributed by atoms with E-state index in [-0.39, 0.29) is 52.0 Å². The number of hydrogen-bond acceptors (Lipinski definition) is 5. The number of aliphatic hydroxyl groups excluding tert-OH is 1. The zero-order chi connectivity index (χ0) is 26.7. The zero-order valence-electron chi connectivity index (χ0n) is 24.7. The van der Waals surface area contributed by atoms with Crippen LogP contribution in [0.1, 0.15) is 78.6 Å². The molecule has 4 saturated carbocycles. The normalized spacial score (nSPS) is 47.3. The number of carbonyl (C=O) groups is 1. The van der Waals surface area contributed by atoms with Crippen molar-refractivity contribution < 1.29 is 23.9 Å². The van der Waals surface area contributed by atoms with E-state index in [0.717, 1.165) is 56.6 Å². The molecule has 6 fully saturated rings. The van der Waals surface area contributed by atoms with Crippen LogP contribution in [0.5, 0.6) is 0 Å². The average Bonchev–Trinajstić information content (AvgIpc) is 3.48. The Labute approximate surface area is 247 Å². The van der Waals surface area contributed by atoms with Gasteiger partial charge in [0.25, 0.3) is 0 Å². The monoisotopic (exact) mass is 609 g/mol. The minimum Gasteiger partial charge on any atom is -0.456 e. The number of fused-ring (bicyclic) bond motifs is 5. The van der Waals surface area contributed by atoms with Crippen LogP contribution in [0.25, 0.3) is 0 Å². The van der Waals surface area contributed by atoms with Crippen LogP contribution in [-0.4, -0.2) is 90.7 Å². The molecule has 10 atom stereocenters. The van der Waals surface area contributed by atoms with Gasteiger partial charge in [-0.2, -0.15) is 0 Å². The summed E-state index contributed by atoms with van der Waals surface area (Å²) in [6, 6.07) is 0.663. The molecule has 0 bridgehead atoms. The van der Waals surface area contributed by atoms with Crippen molar-refractivity contribution in [2.75, 3.05) is 45.9 Å². The highest BCUT2D eigenvalue weighted by molar-refractivity contribution is 8.93. The molecule has 6 nitrogen and oxygen atoms in total. The van der Waals surface area contributed by atoms with Crippen LogP contribution in [-0.2, 0) is 14.3 Å². The van der Waals surface area contributed by atoms with Gasteiger partial charge in [0.15, 0.2) is 6.10 Å². The molecule has 1 N–H and O–H groups in total. The van der Waals surface area contributed by atoms with Gasteiger partial charge in [-0.05, 0) is 73.7 Å². The molecule has 2 aliphatic heterocycles. The van der Waals surface area contributed by atoms with Crippen LogP contribution in [0.2, 0.25) is 0 Å². The number of hydrogen-bond donors (Lipinski definition) is 1. The van der Waals surface area contributed by atoms with Gasteiger partial charge in [-0.25, -0.2) is 0 Å². The molecular weight excluding hydrogens is 556 g/mol. The van der Waals surface area contributed by atoms with Gasteiger partial charge in [-0.15, -0.1) is 17.0 Å². The molecule has 0 amide bonds. The molecule has 6 rings (SSSR count). The number of carbonyl (C=O) groups excluding carboxylic acids is 1. The number of nitrogens with zero attached hydrogens (tertiary/aromatic N) is 2. The molecule has 7 heteroatoms. The van der Waals surface area contributed by atoms with Gasteiger partial charge in [-0.3, -0.25) is 9.69 Å². The molecule has 0 unspecified atom stereocenters. The number of morpholine rings is 1. The summed E-state index contributed by atoms with van der Waals surface area (Å²) in [5.74, 6) is 2.54. The van der Waals surface area contributed by atoms with E-state index in [1.165, 1.54) is 51.6 Å². The maximum Gasteiger partial charge on any atom is 0.303 e. The highest BCUT2D eigenvalue weighted by atomic mass is 79.9. The predicted octanol–water partition coefficient (Wildman–Crippen LogP) is 4.99. The van der Waals surface area contributed by atoms with Gasteiger partial charge < -0.3 is 19.1 Å². The number of likely N-dealkylation sites (tertiary alicyclic amines) is 1. The quantitative estimate of drug-likeness (QED) is 0.270. The van der Waals surface area contributed by atoms with Crippen LogP contribution in [0.15, 0.2) is 12.7 Å². The van der Waals surface area contributed by atoms with Crippen LogP contribution < -0.4 is 0 Å². The number of halogens is 1. The summed E-state index contributed by atoms with van der Waals surface area (Å²) in [5, 5.41) is 11.3. The van der Waals surface area contributed by atoms with Crippen LogP contribution in [0.3, 0.4) is 0 Å². The largest absolute Gasteiger partial charge is 0.456 e. The van der Waals surface area contributed by atoms with E-state index in [1.807, 2.05) is 0 Å². The Morgan fingerprint density at radius 3 is 2.49 bits per heavy atom. The Hall–Kier alpha value is -0.470. The first-order valence-electron chi connectivity index (χ1n) is 15.9. The van der Waals surface area contributed by atoms with E-state index in [0.29, 0.717) is 29.7 Å². The van der Waals surface area contributed by atoms with E-state index in [1.54, 1.807) is 6.92 Å². The molecule has 0 aromatic heterocycles. The Balaban J connectivity index is 0.00000308. The van der Waals surface area contributed by atoms with Gasteiger partial charge in [0, 0.05) is 50.7 Å². The van der Waals surface area contributed by atoms with E-state index in [4.69, 9.17) is 9.47 Å². The number of aliphatic hydroxyl groups is 1. The third-order valence-corrected chi connectivity index (χ3v) is 13.1. The van der Waals surface area contributed by atoms with Crippen molar-refractivity contribution in [3.8, 4) is 0 Å². The average molecular weight is 611 g/mol. The molecule has 0 spiro atoms. The van der Waals surface area contributed by atoms with Crippen molar-refractivity contribution in [3.05, 3.63) is 12.7 Å². The molecule has 39 heavy (non-hydrogen) atoms. The Kier molecular flexibility index (Phi) is 8.70. The van der Waals surface area contributed by atoms with Crippen LogP contribution in [0.4, 0.5) is 0 Å². The topological polar surface area (TPSA) is 59.0 Å². The van der Waals surface area contributed by atoms with Crippen LogP contribution in [0, 0.1) is 34.5 Å². The summed E-state index contributed by atoms with van der Waals surface area (Å²) in [6.45, 7) is 17.7. The van der Waals surface area contributed by atoms with Crippen molar-refractivity contribution in [2.24, 2.45) is 34.5 Å². The van der Waals surface area contributed by atoms with Crippen molar-refractivity contribution in [1.82, 2.24) is 4.90 Å². The fourth-order valence-electron chi connectivity index (χ4n) is 11.3. The van der Waals surface area contributed by atoms with Gasteiger partial charge in [0.2, 0.25) is 0 Å². The lowest BCUT2D eigenvalue weighted by molar-refractivity contribution is -0.937. The van der Waals surface area contributed by atoms with Gasteiger partial charge in [0.05, 0.1) is 39.0 Å². The molecule has 6 aliphatic rings. The SMILES string of the molecule is Br.C=CC[N+]1([C@H]2C[C@H]3[C@@H]4CC[C@H]5C[C@H](O)[C@@H](N6CCOCC6)C[C@]5(C)[C@H]4CC[C@]3(C)[C@H]2OC(C)=O)CCCC1. The molecular formula is C32H54BrN2O4+. The predicted molar refractivity (Wildman–Crippen MR) is 159 cm³/mol. The van der Waals surface area contributed by atoms with Crippen molar-refractivity contribution in [3.63, 3.8) is 0 Å². The Morgan fingerprint density at radius 1 is 1.10 bits per heavy atom. The summed E-state index contributed by atoms with van der Waals surface area (Å²) in [7, 11) is 0. The third-order valence-electron chi connectivity index (χ3n) is 13.1. The lowest BCUT2D eigenvalue weighted by atomic mass is 9.44. The second kappa shape index (κ2) is 11.3. The highest BCUT2D eigenvalue weighted by Gasteiger charge is 2.67. The van der Waals surface area contributed by atoms with Gasteiger partial charge >= 0.3 is 5.97 Å². The smallest absolute Gasteiger partial charge is 0.303 e. The number of quaternary nitrogens is 1. The summed E-state index contributed by atoms with van der Waals surface area (Å²) in [5.41, 5.74) is 0.343. The van der Waals surface area contributed by atoms with Crippen LogP contribution >= 0.6 is 17.0 Å². The first-order valence-corrected chi connectivity index (χ1v) is 15.9. The molecule has 2 heterocycles. The minimum atomic E-state index is -0.209. The Morgan fingerprint density at radius 2 is 1.82 bits per heavy atom. The zero-order valence-corrected chi connectivity index (χ0v) is 26.4. The van der Waals surface area contributed by atoms with Gasteiger partial charge in [-0.1, -0.05) is 20.4 Å². The molecule has 0 aromatic carbocycles. The number of esters is 1. The number of ether oxygens (including phenoxy) is 2. The minimum absolute atomic E-state index is 0. The maximum absolute atomic E-state index is 12.5. The number of rotatable bonds is 5. The lowest BCUT2D eigenvalue weighted by Crippen LogP contribution is -2.61. The molecule has 0 aromatic rings. The van der Waals surface area contributed by atoms with E-state index in [9.17, 15) is 9.90 Å². The summed E-state index contributed by atoms with van der Waals surface area (Å²) < 4.78 is 13.1. The second-order valence-corrected chi connectivity index (χ2v) is 14.6. The summed E-state index contributed by atoms with van der Waals surface area (Å²) in [4.78, 5) is 15.0. The van der Waals surface area contributed by atoms with Gasteiger partial charge in [0.1, 0.15) is 6.04 Å². The van der Waals surface area contributed by atoms with E-state index < -0.39 is 0 Å². The van der Waals surface area contributed by atoms with Crippen molar-refractivity contribution in [2.45, 2.75) is 103 Å². The molecule has 0 radical (unpaired) electrons. The first-order chi connectivity index (χ1) is 18.2. The Bertz CT molecular complexity index is 905. The van der Waals surface area contributed by atoms with E-state index in [2.05, 4.69) is 31.4 Å².